The summed E-state index contributed by atoms with van der Waals surface area (Å²) < 4.78 is 18.2. The minimum absolute atomic E-state index is 0.382. The zero-order valence-electron chi connectivity index (χ0n) is 23.0. The number of aliphatic hydroxyl groups excluding tert-OH is 2. The first-order valence-corrected chi connectivity index (χ1v) is 14.1. The normalized spacial score (nSPS) is 22.1. The third-order valence-corrected chi connectivity index (χ3v) is 6.52. The number of ether oxygens (including phenoxy) is 1. The van der Waals surface area contributed by atoms with Crippen LogP contribution in [0.25, 0.3) is 0 Å². The molecule has 6 nitrogen and oxygen atoms in total. The highest BCUT2D eigenvalue weighted by Gasteiger charge is 2.19. The molecule has 1 heterocycles. The maximum absolute atomic E-state index is 13.3. The molecule has 0 aromatic rings. The van der Waals surface area contributed by atoms with Crippen LogP contribution in [0.1, 0.15) is 71.6 Å². The maximum Gasteiger partial charge on any atom is 0.154 e. The number of allylic oxidation sites excluding steroid dienone is 8. The van der Waals surface area contributed by atoms with E-state index in [4.69, 9.17) is 16.3 Å². The van der Waals surface area contributed by atoms with Crippen LogP contribution in [0, 0.1) is 0 Å². The summed E-state index contributed by atoms with van der Waals surface area (Å²) in [6.07, 6.45) is 19.2. The Balaban J connectivity index is 2.11. The molecule has 38 heavy (non-hydrogen) atoms. The molecule has 2 rings (SSSR count). The molecule has 1 aliphatic carbocycles. The van der Waals surface area contributed by atoms with Crippen molar-refractivity contribution in [1.82, 2.24) is 16.0 Å². The average molecular weight is 550 g/mol. The summed E-state index contributed by atoms with van der Waals surface area (Å²) in [6, 6.07) is 0. The fraction of sp³-hybridized carbons (Fsp3) is 0.533. The summed E-state index contributed by atoms with van der Waals surface area (Å²) in [5.74, 6) is 0. The minimum Gasteiger partial charge on any atom is -0.378 e. The highest BCUT2D eigenvalue weighted by Crippen LogP contribution is 2.24. The highest BCUT2D eigenvalue weighted by atomic mass is 35.5. The first kappa shape index (κ1) is 32.1. The van der Waals surface area contributed by atoms with Gasteiger partial charge in [-0.15, -0.1) is 0 Å². The van der Waals surface area contributed by atoms with E-state index in [2.05, 4.69) is 41.9 Å². The fourth-order valence-corrected chi connectivity index (χ4v) is 4.38. The molecule has 0 amide bonds. The number of aliphatic hydroxyl groups is 2. The molecule has 8 heteroatoms. The van der Waals surface area contributed by atoms with Gasteiger partial charge in [0.25, 0.3) is 0 Å². The quantitative estimate of drug-likeness (QED) is 0.0909. The topological polar surface area (TPSA) is 85.8 Å². The smallest absolute Gasteiger partial charge is 0.154 e. The van der Waals surface area contributed by atoms with Crippen molar-refractivity contribution in [3.63, 3.8) is 0 Å². The standard InChI is InChI=1S/C30H45ClFN3O3/c1-4-9-23(31)11-8-13-27-26(12-6-7-14-30(37)38-3)35-28(25(34-27)10-5-2)19-20-29(36)33-21-22-15-17-24(32)18-16-22/h8-11,15-17,19,24,29-30,33-37H,4-7,12-14,18,20-21H2,1-3H3/b11-8-,23-9+,25-10+,28-19+. The van der Waals surface area contributed by atoms with Gasteiger partial charge in [0.2, 0.25) is 0 Å². The number of alkyl halides is 1. The van der Waals surface area contributed by atoms with Crippen LogP contribution >= 0.6 is 11.6 Å². The minimum atomic E-state index is -0.917. The highest BCUT2D eigenvalue weighted by molar-refractivity contribution is 6.31. The molecule has 212 valence electrons. The predicted octanol–water partition coefficient (Wildman–Crippen LogP) is 6.10. The Morgan fingerprint density at radius 1 is 1.18 bits per heavy atom. The van der Waals surface area contributed by atoms with Crippen molar-refractivity contribution in [3.05, 3.63) is 82.0 Å². The summed E-state index contributed by atoms with van der Waals surface area (Å²) in [7, 11) is 1.51. The lowest BCUT2D eigenvalue weighted by Crippen LogP contribution is -2.33. The Bertz CT molecular complexity index is 952. The van der Waals surface area contributed by atoms with E-state index in [9.17, 15) is 14.6 Å². The van der Waals surface area contributed by atoms with Gasteiger partial charge in [0.1, 0.15) is 12.4 Å². The van der Waals surface area contributed by atoms with Gasteiger partial charge in [-0.05, 0) is 50.2 Å². The summed E-state index contributed by atoms with van der Waals surface area (Å²) >= 11 is 6.25. The molecule has 2 aliphatic rings. The number of methoxy groups -OCH3 is 1. The van der Waals surface area contributed by atoms with Gasteiger partial charge < -0.3 is 25.6 Å². The Hall–Kier alpha value is -2.16. The van der Waals surface area contributed by atoms with Crippen molar-refractivity contribution in [2.24, 2.45) is 0 Å². The van der Waals surface area contributed by atoms with Gasteiger partial charge in [-0.2, -0.15) is 0 Å². The lowest BCUT2D eigenvalue weighted by molar-refractivity contribution is -0.0792. The number of nitrogens with one attached hydrogen (secondary N) is 3. The maximum atomic E-state index is 13.3. The van der Waals surface area contributed by atoms with Crippen molar-refractivity contribution < 1.29 is 19.3 Å². The number of hydrogen-bond donors (Lipinski definition) is 5. The van der Waals surface area contributed by atoms with E-state index in [-0.39, 0.29) is 0 Å². The molecular weight excluding hydrogens is 505 g/mol. The molecule has 0 saturated heterocycles. The van der Waals surface area contributed by atoms with Crippen LogP contribution in [0.3, 0.4) is 0 Å². The molecule has 0 bridgehead atoms. The van der Waals surface area contributed by atoms with Crippen molar-refractivity contribution in [1.29, 1.82) is 0 Å². The zero-order chi connectivity index (χ0) is 27.8. The van der Waals surface area contributed by atoms with E-state index in [0.29, 0.717) is 32.2 Å². The Morgan fingerprint density at radius 2 is 1.95 bits per heavy atom. The van der Waals surface area contributed by atoms with Crippen LogP contribution in [0.2, 0.25) is 0 Å². The molecular formula is C30H45ClFN3O3. The van der Waals surface area contributed by atoms with Crippen LogP contribution in [0.5, 0.6) is 0 Å². The monoisotopic (exact) mass is 549 g/mol. The van der Waals surface area contributed by atoms with Crippen LogP contribution in [-0.4, -0.2) is 42.6 Å². The van der Waals surface area contributed by atoms with Crippen molar-refractivity contribution in [2.45, 2.75) is 90.3 Å². The zero-order valence-corrected chi connectivity index (χ0v) is 23.7. The SMILES string of the molecule is CC/C=C(Cl)\C=C/CC1=C(CCCCC(O)OC)NC(=C/CC(O)NCC2=CCC(F)C=C2)/C(=C\CC)N1. The fourth-order valence-electron chi connectivity index (χ4n) is 4.13. The summed E-state index contributed by atoms with van der Waals surface area (Å²) in [6.45, 7) is 4.63. The second-order valence-electron chi connectivity index (χ2n) is 9.41. The Labute approximate surface area is 232 Å². The second-order valence-corrected chi connectivity index (χ2v) is 9.85. The molecule has 0 aromatic heterocycles. The van der Waals surface area contributed by atoms with Gasteiger partial charge in [-0.3, -0.25) is 5.32 Å². The molecule has 5 N–H and O–H groups in total. The van der Waals surface area contributed by atoms with Gasteiger partial charge >= 0.3 is 0 Å². The van der Waals surface area contributed by atoms with Crippen molar-refractivity contribution in [3.8, 4) is 0 Å². The third kappa shape index (κ3) is 12.1. The summed E-state index contributed by atoms with van der Waals surface area (Å²) in [4.78, 5) is 0. The number of unbranched alkanes of at least 4 members (excludes halogenated alkanes) is 1. The van der Waals surface area contributed by atoms with E-state index < -0.39 is 18.7 Å². The number of rotatable bonds is 16. The molecule has 3 atom stereocenters. The lowest BCUT2D eigenvalue weighted by Gasteiger charge is -2.29. The van der Waals surface area contributed by atoms with Crippen LogP contribution in [-0.2, 0) is 4.74 Å². The summed E-state index contributed by atoms with van der Waals surface area (Å²) in [5, 5.41) is 31.3. The lowest BCUT2D eigenvalue weighted by atomic mass is 10.0. The molecule has 1 aliphatic heterocycles. The van der Waals surface area contributed by atoms with Gasteiger partial charge in [0.15, 0.2) is 6.29 Å². The van der Waals surface area contributed by atoms with Crippen molar-refractivity contribution >= 4 is 11.6 Å². The van der Waals surface area contributed by atoms with Gasteiger partial charge in [-0.1, -0.05) is 68.0 Å². The number of hydrogen-bond acceptors (Lipinski definition) is 6. The van der Waals surface area contributed by atoms with E-state index >= 15 is 0 Å². The first-order valence-electron chi connectivity index (χ1n) is 13.7. The Morgan fingerprint density at radius 3 is 2.63 bits per heavy atom. The second kappa shape index (κ2) is 18.2. The Kier molecular flexibility index (Phi) is 15.3. The molecule has 0 saturated carbocycles. The van der Waals surface area contributed by atoms with Gasteiger partial charge in [0, 0.05) is 49.3 Å². The van der Waals surface area contributed by atoms with Crippen LogP contribution < -0.4 is 16.0 Å². The molecule has 0 fully saturated rings. The van der Waals surface area contributed by atoms with Gasteiger partial charge in [-0.25, -0.2) is 4.39 Å². The summed E-state index contributed by atoms with van der Waals surface area (Å²) in [5.41, 5.74) is 5.03. The molecule has 0 radical (unpaired) electrons. The molecule has 3 unspecified atom stereocenters. The first-order chi connectivity index (χ1) is 18.4. The third-order valence-electron chi connectivity index (χ3n) is 6.24. The van der Waals surface area contributed by atoms with Crippen LogP contribution in [0.4, 0.5) is 4.39 Å². The van der Waals surface area contributed by atoms with Gasteiger partial charge in [0.05, 0.1) is 11.4 Å². The van der Waals surface area contributed by atoms with Crippen molar-refractivity contribution in [2.75, 3.05) is 13.7 Å². The predicted molar refractivity (Wildman–Crippen MR) is 155 cm³/mol. The average Bonchev–Trinajstić information content (AvgIpc) is 2.91. The van der Waals surface area contributed by atoms with E-state index in [0.717, 1.165) is 65.5 Å². The molecule has 0 spiro atoms. The number of halogens is 2. The molecule has 0 aromatic carbocycles. The largest absolute Gasteiger partial charge is 0.378 e. The van der Waals surface area contributed by atoms with E-state index in [1.165, 1.54) is 7.11 Å². The van der Waals surface area contributed by atoms with Crippen LogP contribution in [0.15, 0.2) is 82.0 Å². The van der Waals surface area contributed by atoms with E-state index in [1.54, 1.807) is 12.2 Å². The van der Waals surface area contributed by atoms with E-state index in [1.807, 2.05) is 24.3 Å².